The average molecular weight is 257 g/mol. The highest BCUT2D eigenvalue weighted by molar-refractivity contribution is 5.48. The quantitative estimate of drug-likeness (QED) is 0.883. The van der Waals surface area contributed by atoms with E-state index in [9.17, 15) is 5.11 Å². The van der Waals surface area contributed by atoms with E-state index in [-0.39, 0.29) is 6.61 Å². The number of aliphatic hydroxyl groups is 1. The smallest absolute Gasteiger partial charge is 0.102 e. The van der Waals surface area contributed by atoms with Gasteiger partial charge in [-0.25, -0.2) is 0 Å². The minimum atomic E-state index is -0.645. The molecule has 0 amide bonds. The Morgan fingerprint density at radius 1 is 1.11 bits per heavy atom. The van der Waals surface area contributed by atoms with Crippen LogP contribution in [0.25, 0.3) is 0 Å². The summed E-state index contributed by atoms with van der Waals surface area (Å²) >= 11 is 0. The van der Waals surface area contributed by atoms with Crippen LogP contribution in [0.5, 0.6) is 0 Å². The van der Waals surface area contributed by atoms with Crippen LogP contribution in [0.1, 0.15) is 23.9 Å². The van der Waals surface area contributed by atoms with Crippen molar-refractivity contribution in [1.82, 2.24) is 9.97 Å². The van der Waals surface area contributed by atoms with Gasteiger partial charge in [-0.1, -0.05) is 17.7 Å². The first kappa shape index (κ1) is 13.5. The van der Waals surface area contributed by atoms with Gasteiger partial charge in [0, 0.05) is 18.1 Å². The summed E-state index contributed by atoms with van der Waals surface area (Å²) in [6.07, 6.45) is 3.30. The van der Waals surface area contributed by atoms with E-state index in [1.165, 1.54) is 5.56 Å². The number of aromatic nitrogens is 2. The highest BCUT2D eigenvalue weighted by Gasteiger charge is 2.29. The van der Waals surface area contributed by atoms with Gasteiger partial charge in [0.2, 0.25) is 0 Å². The van der Waals surface area contributed by atoms with Crippen LogP contribution >= 0.6 is 0 Å². The zero-order valence-electron chi connectivity index (χ0n) is 11.5. The molecule has 100 valence electrons. The van der Waals surface area contributed by atoms with Gasteiger partial charge < -0.3 is 10.4 Å². The molecule has 1 heterocycles. The fourth-order valence-electron chi connectivity index (χ4n) is 2.08. The Morgan fingerprint density at radius 2 is 1.74 bits per heavy atom. The van der Waals surface area contributed by atoms with E-state index in [2.05, 4.69) is 15.3 Å². The molecule has 1 atom stereocenters. The average Bonchev–Trinajstić information content (AvgIpc) is 2.42. The standard InChI is InChI=1S/C15H19N3O/c1-11-4-6-13(7-5-11)18-15(3,10-19)14-12(2)16-8-9-17-14/h4-9,18-19H,10H2,1-3H3. The summed E-state index contributed by atoms with van der Waals surface area (Å²) in [6, 6.07) is 8.05. The SMILES string of the molecule is Cc1ccc(NC(C)(CO)c2nccnc2C)cc1. The molecule has 0 saturated heterocycles. The summed E-state index contributed by atoms with van der Waals surface area (Å²) in [5.74, 6) is 0. The van der Waals surface area contributed by atoms with E-state index in [1.54, 1.807) is 12.4 Å². The summed E-state index contributed by atoms with van der Waals surface area (Å²) in [6.45, 7) is 5.80. The molecule has 2 rings (SSSR count). The lowest BCUT2D eigenvalue weighted by Gasteiger charge is -2.30. The van der Waals surface area contributed by atoms with Gasteiger partial charge in [0.15, 0.2) is 0 Å². The normalized spacial score (nSPS) is 13.9. The Labute approximate surface area is 113 Å². The van der Waals surface area contributed by atoms with Crippen molar-refractivity contribution in [2.24, 2.45) is 0 Å². The Hall–Kier alpha value is -1.94. The van der Waals surface area contributed by atoms with Crippen molar-refractivity contribution in [2.75, 3.05) is 11.9 Å². The molecule has 0 aliphatic carbocycles. The van der Waals surface area contributed by atoms with E-state index in [1.807, 2.05) is 45.0 Å². The second-order valence-electron chi connectivity index (χ2n) is 4.97. The molecule has 0 fully saturated rings. The lowest BCUT2D eigenvalue weighted by Crippen LogP contribution is -2.37. The van der Waals surface area contributed by atoms with Crippen LogP contribution in [0, 0.1) is 13.8 Å². The van der Waals surface area contributed by atoms with Crippen LogP contribution in [-0.4, -0.2) is 21.7 Å². The highest BCUT2D eigenvalue weighted by atomic mass is 16.3. The van der Waals surface area contributed by atoms with Crippen LogP contribution < -0.4 is 5.32 Å². The maximum atomic E-state index is 9.75. The van der Waals surface area contributed by atoms with E-state index in [4.69, 9.17) is 0 Å². The van der Waals surface area contributed by atoms with Crippen molar-refractivity contribution in [3.63, 3.8) is 0 Å². The van der Waals surface area contributed by atoms with Crippen LogP contribution in [0.2, 0.25) is 0 Å². The van der Waals surface area contributed by atoms with Crippen molar-refractivity contribution in [1.29, 1.82) is 0 Å². The first-order chi connectivity index (χ1) is 9.05. The molecule has 0 spiro atoms. The largest absolute Gasteiger partial charge is 0.394 e. The van der Waals surface area contributed by atoms with Crippen molar-refractivity contribution in [3.05, 3.63) is 53.6 Å². The Balaban J connectivity index is 2.33. The zero-order valence-corrected chi connectivity index (χ0v) is 11.5. The third-order valence-corrected chi connectivity index (χ3v) is 3.19. The molecule has 0 aliphatic rings. The van der Waals surface area contributed by atoms with Gasteiger partial charge in [0.05, 0.1) is 18.0 Å². The van der Waals surface area contributed by atoms with Crippen molar-refractivity contribution in [3.8, 4) is 0 Å². The summed E-state index contributed by atoms with van der Waals surface area (Å²) in [5.41, 5.74) is 3.09. The van der Waals surface area contributed by atoms with Crippen molar-refractivity contribution in [2.45, 2.75) is 26.3 Å². The lowest BCUT2D eigenvalue weighted by molar-refractivity contribution is 0.220. The molecular weight excluding hydrogens is 238 g/mol. The second kappa shape index (κ2) is 5.36. The van der Waals surface area contributed by atoms with Crippen LogP contribution in [-0.2, 0) is 5.54 Å². The minimum absolute atomic E-state index is 0.0551. The van der Waals surface area contributed by atoms with Crippen molar-refractivity contribution < 1.29 is 5.11 Å². The number of benzene rings is 1. The predicted molar refractivity (Wildman–Crippen MR) is 76.0 cm³/mol. The van der Waals surface area contributed by atoms with E-state index in [0.717, 1.165) is 17.1 Å². The van der Waals surface area contributed by atoms with Gasteiger partial charge in [0.25, 0.3) is 0 Å². The summed E-state index contributed by atoms with van der Waals surface area (Å²) in [7, 11) is 0. The predicted octanol–water partition coefficient (Wildman–Crippen LogP) is 2.41. The Morgan fingerprint density at radius 3 is 2.32 bits per heavy atom. The number of hydrogen-bond donors (Lipinski definition) is 2. The monoisotopic (exact) mass is 257 g/mol. The lowest BCUT2D eigenvalue weighted by atomic mass is 9.96. The molecule has 1 aromatic carbocycles. The second-order valence-corrected chi connectivity index (χ2v) is 4.97. The number of nitrogens with zero attached hydrogens (tertiary/aromatic N) is 2. The molecule has 4 heteroatoms. The van der Waals surface area contributed by atoms with Gasteiger partial charge in [-0.05, 0) is 32.9 Å². The van der Waals surface area contributed by atoms with Gasteiger partial charge in [-0.3, -0.25) is 9.97 Å². The fourth-order valence-corrected chi connectivity index (χ4v) is 2.08. The summed E-state index contributed by atoms with van der Waals surface area (Å²) in [4.78, 5) is 8.59. The van der Waals surface area contributed by atoms with Gasteiger partial charge in [0.1, 0.15) is 5.54 Å². The van der Waals surface area contributed by atoms with Gasteiger partial charge >= 0.3 is 0 Å². The van der Waals surface area contributed by atoms with Gasteiger partial charge in [-0.15, -0.1) is 0 Å². The maximum Gasteiger partial charge on any atom is 0.102 e. The van der Waals surface area contributed by atoms with Gasteiger partial charge in [-0.2, -0.15) is 0 Å². The molecule has 0 saturated carbocycles. The van der Waals surface area contributed by atoms with E-state index < -0.39 is 5.54 Å². The molecule has 2 aromatic rings. The number of anilines is 1. The number of rotatable bonds is 4. The summed E-state index contributed by atoms with van der Waals surface area (Å²) in [5, 5.41) is 13.1. The van der Waals surface area contributed by atoms with Crippen LogP contribution in [0.15, 0.2) is 36.7 Å². The third kappa shape index (κ3) is 2.90. The fraction of sp³-hybridized carbons (Fsp3) is 0.333. The molecular formula is C15H19N3O. The maximum absolute atomic E-state index is 9.75. The Bertz CT molecular complexity index is 554. The molecule has 2 N–H and O–H groups in total. The molecule has 0 aliphatic heterocycles. The molecule has 0 bridgehead atoms. The number of aliphatic hydroxyl groups excluding tert-OH is 1. The third-order valence-electron chi connectivity index (χ3n) is 3.19. The molecule has 0 radical (unpaired) electrons. The first-order valence-corrected chi connectivity index (χ1v) is 6.29. The van der Waals surface area contributed by atoms with Crippen LogP contribution in [0.4, 0.5) is 5.69 Å². The topological polar surface area (TPSA) is 58.0 Å². The Kier molecular flexibility index (Phi) is 3.81. The van der Waals surface area contributed by atoms with E-state index in [0.29, 0.717) is 0 Å². The zero-order chi connectivity index (χ0) is 13.9. The number of hydrogen-bond acceptors (Lipinski definition) is 4. The van der Waals surface area contributed by atoms with Crippen LogP contribution in [0.3, 0.4) is 0 Å². The molecule has 4 nitrogen and oxygen atoms in total. The number of nitrogens with one attached hydrogen (secondary N) is 1. The highest BCUT2D eigenvalue weighted by Crippen LogP contribution is 2.25. The first-order valence-electron chi connectivity index (χ1n) is 6.29. The summed E-state index contributed by atoms with van der Waals surface area (Å²) < 4.78 is 0. The minimum Gasteiger partial charge on any atom is -0.394 e. The molecule has 1 aromatic heterocycles. The van der Waals surface area contributed by atoms with E-state index >= 15 is 0 Å². The molecule has 1 unspecified atom stereocenters. The number of aryl methyl sites for hydroxylation is 2. The van der Waals surface area contributed by atoms with Crippen molar-refractivity contribution >= 4 is 5.69 Å². The molecule has 19 heavy (non-hydrogen) atoms.